The minimum absolute atomic E-state index is 0.0874. The van der Waals surface area contributed by atoms with E-state index in [-0.39, 0.29) is 11.8 Å². The van der Waals surface area contributed by atoms with Crippen LogP contribution in [0.5, 0.6) is 0 Å². The molecule has 1 aromatic carbocycles. The molecule has 0 saturated carbocycles. The van der Waals surface area contributed by atoms with Crippen molar-refractivity contribution in [1.82, 2.24) is 10.8 Å². The van der Waals surface area contributed by atoms with Gasteiger partial charge in [-0.2, -0.15) is 0 Å². The van der Waals surface area contributed by atoms with Gasteiger partial charge >= 0.3 is 0 Å². The van der Waals surface area contributed by atoms with E-state index in [4.69, 9.17) is 5.21 Å². The van der Waals surface area contributed by atoms with Gasteiger partial charge in [-0.05, 0) is 53.5 Å². The molecule has 0 aromatic heterocycles. The average molecular weight is 352 g/mol. The summed E-state index contributed by atoms with van der Waals surface area (Å²) in [5.74, 6) is -0.459. The van der Waals surface area contributed by atoms with Gasteiger partial charge < -0.3 is 5.32 Å². The summed E-state index contributed by atoms with van der Waals surface area (Å²) in [4.78, 5) is 23.3. The molecule has 3 N–H and O–H groups in total. The molecule has 0 aliphatic heterocycles. The molecule has 3 rings (SSSR count). The van der Waals surface area contributed by atoms with Crippen LogP contribution in [0.15, 0.2) is 48.1 Å². The number of hydroxylamine groups is 1. The van der Waals surface area contributed by atoms with Gasteiger partial charge in [0.15, 0.2) is 0 Å². The highest BCUT2D eigenvalue weighted by atomic mass is 16.5. The Hall–Kier alpha value is -2.66. The van der Waals surface area contributed by atoms with E-state index in [9.17, 15) is 9.59 Å². The number of carbonyl (C=O) groups is 2. The molecule has 136 valence electrons. The molecule has 2 aliphatic carbocycles. The Labute approximate surface area is 153 Å². The number of carbonyl (C=O) groups excluding carboxylic acids is 2. The van der Waals surface area contributed by atoms with Crippen LogP contribution in [0.2, 0.25) is 0 Å². The summed E-state index contributed by atoms with van der Waals surface area (Å²) >= 11 is 0. The molecule has 0 radical (unpaired) electrons. The lowest BCUT2D eigenvalue weighted by atomic mass is 9.96. The minimum Gasteiger partial charge on any atom is -0.353 e. The number of hydrogen-bond acceptors (Lipinski definition) is 3. The van der Waals surface area contributed by atoms with Gasteiger partial charge in [-0.15, -0.1) is 0 Å². The van der Waals surface area contributed by atoms with Gasteiger partial charge in [0.2, 0.25) is 11.8 Å². The predicted molar refractivity (Wildman–Crippen MR) is 101 cm³/mol. The second kappa shape index (κ2) is 8.63. The van der Waals surface area contributed by atoms with Crippen LogP contribution in [0.3, 0.4) is 0 Å². The molecule has 0 unspecified atom stereocenters. The highest BCUT2D eigenvalue weighted by Crippen LogP contribution is 2.45. The average Bonchev–Trinajstić information content (AvgIpc) is 2.98. The number of unbranched alkanes of at least 4 members (excludes halogenated alkanes) is 2. The van der Waals surface area contributed by atoms with Crippen molar-refractivity contribution in [3.05, 3.63) is 59.2 Å². The van der Waals surface area contributed by atoms with Crippen LogP contribution in [0.1, 0.15) is 49.7 Å². The predicted octanol–water partition coefficient (Wildman–Crippen LogP) is 3.37. The van der Waals surface area contributed by atoms with E-state index in [2.05, 4.69) is 29.6 Å². The van der Waals surface area contributed by atoms with Gasteiger partial charge in [0, 0.05) is 19.0 Å². The Bertz CT molecular complexity index is 790. The van der Waals surface area contributed by atoms with Gasteiger partial charge in [-0.3, -0.25) is 14.8 Å². The van der Waals surface area contributed by atoms with Gasteiger partial charge in [0.1, 0.15) is 0 Å². The summed E-state index contributed by atoms with van der Waals surface area (Å²) in [6.07, 6.45) is 10.7. The Balaban J connectivity index is 1.57. The Kier molecular flexibility index (Phi) is 6.02. The fraction of sp³-hybridized carbons (Fsp3) is 0.333. The molecule has 5 heteroatoms. The Morgan fingerprint density at radius 2 is 1.92 bits per heavy atom. The molecule has 2 amide bonds. The van der Waals surface area contributed by atoms with Crippen molar-refractivity contribution in [3.63, 3.8) is 0 Å². The van der Waals surface area contributed by atoms with E-state index < -0.39 is 0 Å². The van der Waals surface area contributed by atoms with Gasteiger partial charge in [-0.25, -0.2) is 5.48 Å². The number of rotatable bonds is 7. The lowest BCUT2D eigenvalue weighted by Crippen LogP contribution is -2.22. The zero-order chi connectivity index (χ0) is 18.4. The van der Waals surface area contributed by atoms with Crippen LogP contribution in [0.25, 0.3) is 11.1 Å². The molecular formula is C21H24N2O3. The third-order valence-electron chi connectivity index (χ3n) is 4.78. The summed E-state index contributed by atoms with van der Waals surface area (Å²) < 4.78 is 0. The topological polar surface area (TPSA) is 78.4 Å². The number of nitrogens with one attached hydrogen (secondary N) is 2. The van der Waals surface area contributed by atoms with E-state index in [1.165, 1.54) is 16.7 Å². The lowest BCUT2D eigenvalue weighted by molar-refractivity contribution is -0.129. The maximum Gasteiger partial charge on any atom is 0.244 e. The van der Waals surface area contributed by atoms with Gasteiger partial charge in [-0.1, -0.05) is 42.8 Å². The van der Waals surface area contributed by atoms with Crippen LogP contribution < -0.4 is 10.8 Å². The van der Waals surface area contributed by atoms with Gasteiger partial charge in [0.25, 0.3) is 0 Å². The van der Waals surface area contributed by atoms with E-state index >= 15 is 0 Å². The first-order valence-corrected chi connectivity index (χ1v) is 9.13. The zero-order valence-electron chi connectivity index (χ0n) is 14.8. The molecule has 0 atom stereocenters. The molecule has 0 saturated heterocycles. The van der Waals surface area contributed by atoms with Crippen molar-refractivity contribution in [2.75, 3.05) is 6.54 Å². The summed E-state index contributed by atoms with van der Waals surface area (Å²) in [6.45, 7) is 0.576. The quantitative estimate of drug-likeness (QED) is 0.305. The van der Waals surface area contributed by atoms with Crippen molar-refractivity contribution in [2.24, 2.45) is 0 Å². The van der Waals surface area contributed by atoms with E-state index in [1.54, 1.807) is 11.6 Å². The highest BCUT2D eigenvalue weighted by Gasteiger charge is 2.25. The number of fused-ring (bicyclic) bond motifs is 2. The molecule has 0 spiro atoms. The molecule has 2 aliphatic rings. The Morgan fingerprint density at radius 3 is 2.73 bits per heavy atom. The van der Waals surface area contributed by atoms with Crippen LogP contribution >= 0.6 is 0 Å². The molecule has 0 fully saturated rings. The third-order valence-corrected chi connectivity index (χ3v) is 4.78. The third kappa shape index (κ3) is 4.11. The van der Waals surface area contributed by atoms with E-state index in [0.29, 0.717) is 19.4 Å². The molecule has 0 bridgehead atoms. The smallest absolute Gasteiger partial charge is 0.244 e. The second-order valence-electron chi connectivity index (χ2n) is 6.57. The normalized spacial score (nSPS) is 16.4. The van der Waals surface area contributed by atoms with Crippen molar-refractivity contribution >= 4 is 23.0 Å². The van der Waals surface area contributed by atoms with Crippen LogP contribution in [-0.4, -0.2) is 23.6 Å². The molecular weight excluding hydrogens is 328 g/mol. The SMILES string of the molecule is O=C(/C=C1\C2=C(CCC=C2)c2ccccc21)NCCCCCC(=O)NO. The first-order chi connectivity index (χ1) is 12.7. The maximum atomic E-state index is 12.3. The van der Waals surface area contributed by atoms with Crippen molar-refractivity contribution in [1.29, 1.82) is 0 Å². The van der Waals surface area contributed by atoms with Crippen molar-refractivity contribution in [2.45, 2.75) is 38.5 Å². The molecule has 1 aromatic rings. The summed E-state index contributed by atoms with van der Waals surface area (Å²) in [5, 5.41) is 11.4. The minimum atomic E-state index is -0.372. The molecule has 5 nitrogen and oxygen atoms in total. The van der Waals surface area contributed by atoms with E-state index in [1.807, 2.05) is 12.1 Å². The monoisotopic (exact) mass is 352 g/mol. The summed E-state index contributed by atoms with van der Waals surface area (Å²) in [6, 6.07) is 8.26. The van der Waals surface area contributed by atoms with Crippen molar-refractivity contribution in [3.8, 4) is 0 Å². The first-order valence-electron chi connectivity index (χ1n) is 9.13. The number of amides is 2. The zero-order valence-corrected chi connectivity index (χ0v) is 14.8. The number of hydrogen-bond donors (Lipinski definition) is 3. The van der Waals surface area contributed by atoms with E-state index in [0.717, 1.165) is 36.8 Å². The summed E-state index contributed by atoms with van der Waals surface area (Å²) in [7, 11) is 0. The van der Waals surface area contributed by atoms with Crippen LogP contribution in [0, 0.1) is 0 Å². The fourth-order valence-corrected chi connectivity index (χ4v) is 3.51. The standard InChI is InChI=1S/C21H24N2O3/c24-20(23-26)12-2-1-7-13-22-21(25)14-19-17-10-5-3-8-15(17)16-9-4-6-11-18(16)19/h3,5-6,8,10-11,14,26H,1-2,4,7,9,12-13H2,(H,22,25)(H,23,24)/b19-14-. The number of benzene rings is 1. The number of allylic oxidation sites excluding steroid dienone is 5. The van der Waals surface area contributed by atoms with Crippen LogP contribution in [-0.2, 0) is 9.59 Å². The fourth-order valence-electron chi connectivity index (χ4n) is 3.51. The van der Waals surface area contributed by atoms with Crippen LogP contribution in [0.4, 0.5) is 0 Å². The Morgan fingerprint density at radius 1 is 1.12 bits per heavy atom. The highest BCUT2D eigenvalue weighted by molar-refractivity contribution is 6.08. The summed E-state index contributed by atoms with van der Waals surface area (Å²) in [5.41, 5.74) is 7.51. The lowest BCUT2D eigenvalue weighted by Gasteiger charge is -2.09. The first kappa shape index (κ1) is 18.1. The second-order valence-corrected chi connectivity index (χ2v) is 6.57. The largest absolute Gasteiger partial charge is 0.353 e. The maximum absolute atomic E-state index is 12.3. The van der Waals surface area contributed by atoms with Gasteiger partial charge in [0.05, 0.1) is 0 Å². The van der Waals surface area contributed by atoms with Crippen molar-refractivity contribution < 1.29 is 14.8 Å². The molecule has 26 heavy (non-hydrogen) atoms. The molecule has 0 heterocycles.